The Hall–Kier alpha value is -0.140. The van der Waals surface area contributed by atoms with Gasteiger partial charge in [-0.2, -0.15) is 4.98 Å². The molecule has 0 unspecified atom stereocenters. The minimum Gasteiger partial charge on any atom is -0.378 e. The molecule has 4 nitrogen and oxygen atoms in total. The van der Waals surface area contributed by atoms with Crippen LogP contribution >= 0.6 is 34.2 Å². The average molecular weight is 368 g/mol. The molecule has 1 saturated heterocycles. The molecule has 0 radical (unpaired) electrons. The highest BCUT2D eigenvalue weighted by Crippen LogP contribution is 2.24. The fourth-order valence-corrected chi connectivity index (χ4v) is 2.50. The second-order valence-corrected chi connectivity index (χ2v) is 5.49. The summed E-state index contributed by atoms with van der Waals surface area (Å²) in [7, 11) is 1.66. The van der Waals surface area contributed by atoms with Crippen molar-refractivity contribution in [2.75, 3.05) is 25.1 Å². The van der Waals surface area contributed by atoms with Gasteiger partial charge in [0.25, 0.3) is 0 Å². The number of ether oxygens (including phenoxy) is 1. The molecule has 1 aliphatic rings. The molecule has 17 heavy (non-hydrogen) atoms. The van der Waals surface area contributed by atoms with E-state index in [0.29, 0.717) is 11.8 Å². The molecule has 1 aromatic heterocycles. The van der Waals surface area contributed by atoms with Crippen LogP contribution < -0.4 is 4.90 Å². The van der Waals surface area contributed by atoms with E-state index in [0.717, 1.165) is 28.3 Å². The van der Waals surface area contributed by atoms with E-state index in [9.17, 15) is 0 Å². The fraction of sp³-hybridized carbons (Fsp3) is 0.636. The maximum absolute atomic E-state index is 6.13. The predicted octanol–water partition coefficient (Wildman–Crippen LogP) is 2.87. The molecule has 2 rings (SSSR count). The van der Waals surface area contributed by atoms with Crippen molar-refractivity contribution in [3.63, 3.8) is 0 Å². The molecule has 1 aromatic rings. The Bertz CT molecular complexity index is 397. The van der Waals surface area contributed by atoms with E-state index in [1.807, 2.05) is 0 Å². The zero-order valence-corrected chi connectivity index (χ0v) is 12.7. The van der Waals surface area contributed by atoms with Crippen molar-refractivity contribution in [1.29, 1.82) is 0 Å². The van der Waals surface area contributed by atoms with Crippen LogP contribution in [-0.2, 0) is 11.3 Å². The van der Waals surface area contributed by atoms with Crippen LogP contribution in [0.4, 0.5) is 5.95 Å². The van der Waals surface area contributed by atoms with Gasteiger partial charge in [-0.25, -0.2) is 4.98 Å². The van der Waals surface area contributed by atoms with Crippen LogP contribution in [0.2, 0.25) is 5.15 Å². The monoisotopic (exact) mass is 367 g/mol. The quantitative estimate of drug-likeness (QED) is 0.608. The van der Waals surface area contributed by atoms with Crippen LogP contribution in [-0.4, -0.2) is 30.2 Å². The smallest absolute Gasteiger partial charge is 0.227 e. The second-order valence-electron chi connectivity index (χ2n) is 4.06. The molecule has 2 heterocycles. The number of methoxy groups -OCH3 is 1. The maximum Gasteiger partial charge on any atom is 0.227 e. The van der Waals surface area contributed by atoms with E-state index in [1.54, 1.807) is 7.11 Å². The first-order valence-electron chi connectivity index (χ1n) is 5.68. The van der Waals surface area contributed by atoms with E-state index in [4.69, 9.17) is 16.3 Å². The van der Waals surface area contributed by atoms with Crippen molar-refractivity contribution in [3.8, 4) is 0 Å². The van der Waals surface area contributed by atoms with Crippen LogP contribution in [0.3, 0.4) is 0 Å². The van der Waals surface area contributed by atoms with Crippen LogP contribution in [0.25, 0.3) is 0 Å². The molecule has 0 N–H and O–H groups in total. The van der Waals surface area contributed by atoms with E-state index in [-0.39, 0.29) is 0 Å². The van der Waals surface area contributed by atoms with Crippen molar-refractivity contribution in [2.45, 2.75) is 25.9 Å². The Morgan fingerprint density at radius 3 is 2.65 bits per heavy atom. The summed E-state index contributed by atoms with van der Waals surface area (Å²) in [5.74, 6) is 0.738. The molecule has 0 aliphatic carbocycles. The largest absolute Gasteiger partial charge is 0.378 e. The van der Waals surface area contributed by atoms with E-state index < -0.39 is 0 Å². The van der Waals surface area contributed by atoms with Gasteiger partial charge in [-0.15, -0.1) is 0 Å². The van der Waals surface area contributed by atoms with Gasteiger partial charge in [0, 0.05) is 20.2 Å². The molecule has 0 aromatic carbocycles. The van der Waals surface area contributed by atoms with Gasteiger partial charge in [0.2, 0.25) is 5.95 Å². The summed E-state index contributed by atoms with van der Waals surface area (Å²) in [5, 5.41) is 0.522. The predicted molar refractivity (Wildman–Crippen MR) is 76.5 cm³/mol. The molecule has 0 spiro atoms. The van der Waals surface area contributed by atoms with Crippen molar-refractivity contribution < 1.29 is 4.74 Å². The second kappa shape index (κ2) is 6.15. The minimum absolute atomic E-state index is 0.474. The third kappa shape index (κ3) is 3.20. The maximum atomic E-state index is 6.13. The molecular weight excluding hydrogens is 352 g/mol. The Balaban J connectivity index is 2.27. The van der Waals surface area contributed by atoms with E-state index in [2.05, 4.69) is 37.5 Å². The SMILES string of the molecule is COCc1nc(N2CCCCC2)nc(Cl)c1I. The first kappa shape index (κ1) is 13.3. The molecule has 6 heteroatoms. The number of piperidine rings is 1. The van der Waals surface area contributed by atoms with Gasteiger partial charge in [-0.1, -0.05) is 11.6 Å². The highest BCUT2D eigenvalue weighted by atomic mass is 127. The highest BCUT2D eigenvalue weighted by molar-refractivity contribution is 14.1. The summed E-state index contributed by atoms with van der Waals surface area (Å²) >= 11 is 8.29. The van der Waals surface area contributed by atoms with Crippen molar-refractivity contribution in [1.82, 2.24) is 9.97 Å². The third-order valence-corrected chi connectivity index (χ3v) is 4.51. The molecular formula is C11H15ClIN3O. The van der Waals surface area contributed by atoms with Crippen molar-refractivity contribution >= 4 is 40.1 Å². The van der Waals surface area contributed by atoms with Gasteiger partial charge in [0.1, 0.15) is 5.15 Å². The lowest BCUT2D eigenvalue weighted by atomic mass is 10.1. The van der Waals surface area contributed by atoms with Crippen LogP contribution in [0.5, 0.6) is 0 Å². The van der Waals surface area contributed by atoms with Gasteiger partial charge in [0.15, 0.2) is 0 Å². The number of hydrogen-bond donors (Lipinski definition) is 0. The standard InChI is InChI=1S/C11H15ClIN3O/c1-17-7-8-9(13)10(12)15-11(14-8)16-5-3-2-4-6-16/h2-7H2,1H3. The highest BCUT2D eigenvalue weighted by Gasteiger charge is 2.17. The topological polar surface area (TPSA) is 38.2 Å². The van der Waals surface area contributed by atoms with E-state index in [1.165, 1.54) is 19.3 Å². The minimum atomic E-state index is 0.474. The lowest BCUT2D eigenvalue weighted by Gasteiger charge is -2.27. The molecule has 94 valence electrons. The number of aromatic nitrogens is 2. The fourth-order valence-electron chi connectivity index (χ4n) is 1.92. The van der Waals surface area contributed by atoms with Crippen molar-refractivity contribution in [3.05, 3.63) is 14.4 Å². The third-order valence-electron chi connectivity index (χ3n) is 2.79. The summed E-state index contributed by atoms with van der Waals surface area (Å²) in [6.07, 6.45) is 3.69. The lowest BCUT2D eigenvalue weighted by Crippen LogP contribution is -2.31. The van der Waals surface area contributed by atoms with Crippen LogP contribution in [0.15, 0.2) is 0 Å². The zero-order valence-electron chi connectivity index (χ0n) is 9.75. The molecule has 0 saturated carbocycles. The number of nitrogens with zero attached hydrogens (tertiary/aromatic N) is 3. The first-order chi connectivity index (χ1) is 8.22. The Labute approximate surface area is 120 Å². The molecule has 0 bridgehead atoms. The molecule has 1 fully saturated rings. The van der Waals surface area contributed by atoms with Gasteiger partial charge in [-0.05, 0) is 41.9 Å². The summed E-state index contributed by atoms with van der Waals surface area (Å²) in [6.45, 7) is 2.51. The summed E-state index contributed by atoms with van der Waals surface area (Å²) in [5.41, 5.74) is 0.869. The molecule has 1 aliphatic heterocycles. The van der Waals surface area contributed by atoms with Crippen LogP contribution in [0, 0.1) is 3.57 Å². The van der Waals surface area contributed by atoms with Crippen LogP contribution in [0.1, 0.15) is 25.0 Å². The Morgan fingerprint density at radius 1 is 1.29 bits per heavy atom. The normalized spacial score (nSPS) is 16.3. The Kier molecular flexibility index (Phi) is 4.81. The van der Waals surface area contributed by atoms with Crippen molar-refractivity contribution in [2.24, 2.45) is 0 Å². The van der Waals surface area contributed by atoms with E-state index >= 15 is 0 Å². The average Bonchev–Trinajstić information content (AvgIpc) is 2.36. The van der Waals surface area contributed by atoms with Gasteiger partial charge in [0.05, 0.1) is 15.9 Å². The lowest BCUT2D eigenvalue weighted by molar-refractivity contribution is 0.180. The summed E-state index contributed by atoms with van der Waals surface area (Å²) in [4.78, 5) is 11.1. The number of hydrogen-bond acceptors (Lipinski definition) is 4. The Morgan fingerprint density at radius 2 is 2.00 bits per heavy atom. The van der Waals surface area contributed by atoms with Gasteiger partial charge >= 0.3 is 0 Å². The first-order valence-corrected chi connectivity index (χ1v) is 7.14. The number of halogens is 2. The molecule has 0 atom stereocenters. The number of rotatable bonds is 3. The molecule has 0 amide bonds. The van der Waals surface area contributed by atoms with Gasteiger partial charge < -0.3 is 9.64 Å². The summed E-state index contributed by atoms with van der Waals surface area (Å²) < 4.78 is 6.02. The van der Waals surface area contributed by atoms with Gasteiger partial charge in [-0.3, -0.25) is 0 Å². The zero-order chi connectivity index (χ0) is 12.3. The summed E-state index contributed by atoms with van der Waals surface area (Å²) in [6, 6.07) is 0. The number of anilines is 1.